The molecule has 7 nitrogen and oxygen atoms in total. The highest BCUT2D eigenvalue weighted by Crippen LogP contribution is 2.27. The number of carboxylic acid groups (broad SMARTS) is 2. The van der Waals surface area contributed by atoms with Crippen LogP contribution >= 0.6 is 0 Å². The van der Waals surface area contributed by atoms with Gasteiger partial charge in [0.05, 0.1) is 6.42 Å². The van der Waals surface area contributed by atoms with Gasteiger partial charge in [0.2, 0.25) is 0 Å². The third kappa shape index (κ3) is 6.01. The number of hydrogen-bond donors (Lipinski definition) is 4. The van der Waals surface area contributed by atoms with E-state index in [9.17, 15) is 14.4 Å². The number of rotatable bonds is 7. The van der Waals surface area contributed by atoms with E-state index in [1.165, 1.54) is 6.42 Å². The van der Waals surface area contributed by atoms with Crippen LogP contribution in [0.25, 0.3) is 0 Å². The van der Waals surface area contributed by atoms with Crippen molar-refractivity contribution in [3.05, 3.63) is 0 Å². The summed E-state index contributed by atoms with van der Waals surface area (Å²) in [6, 6.07) is -2.02. The van der Waals surface area contributed by atoms with Crippen LogP contribution in [0.3, 0.4) is 0 Å². The summed E-state index contributed by atoms with van der Waals surface area (Å²) in [4.78, 5) is 33.4. The maximum Gasteiger partial charge on any atom is 0.326 e. The Labute approximate surface area is 124 Å². The second-order valence-corrected chi connectivity index (χ2v) is 5.52. The first-order valence-electron chi connectivity index (χ1n) is 7.45. The van der Waals surface area contributed by atoms with Gasteiger partial charge in [-0.1, -0.05) is 26.2 Å². The van der Waals surface area contributed by atoms with Crippen molar-refractivity contribution in [1.29, 1.82) is 0 Å². The molecule has 0 radical (unpaired) electrons. The summed E-state index contributed by atoms with van der Waals surface area (Å²) in [5, 5.41) is 22.6. The molecule has 1 aliphatic rings. The summed E-state index contributed by atoms with van der Waals surface area (Å²) in [6.45, 7) is 1.98. The zero-order valence-corrected chi connectivity index (χ0v) is 12.3. The van der Waals surface area contributed by atoms with Crippen molar-refractivity contribution >= 4 is 18.0 Å². The lowest BCUT2D eigenvalue weighted by Gasteiger charge is -2.30. The Morgan fingerprint density at radius 2 is 1.71 bits per heavy atom. The Bertz CT molecular complexity index is 380. The summed E-state index contributed by atoms with van der Waals surface area (Å²) in [7, 11) is 0. The molecular weight excluding hydrogens is 276 g/mol. The maximum absolute atomic E-state index is 11.9. The Morgan fingerprint density at radius 3 is 2.19 bits per heavy atom. The SMILES string of the molecule is CCC(NC(=O)N[C@H](CC(=O)O)C(=O)O)C1CCCCC1. The largest absolute Gasteiger partial charge is 0.481 e. The number of aliphatic carboxylic acids is 2. The standard InChI is InChI=1S/C14H24N2O5/c1-2-10(9-6-4-3-5-7-9)15-14(21)16-11(13(19)20)8-12(17)18/h9-11H,2-8H2,1H3,(H,17,18)(H,19,20)(H2,15,16,21)/t10?,11-/m1/s1. The summed E-state index contributed by atoms with van der Waals surface area (Å²) >= 11 is 0. The number of carbonyl (C=O) groups is 3. The van der Waals surface area contributed by atoms with Gasteiger partial charge in [0.15, 0.2) is 0 Å². The molecule has 1 saturated carbocycles. The van der Waals surface area contributed by atoms with E-state index in [1.807, 2.05) is 6.92 Å². The van der Waals surface area contributed by atoms with E-state index >= 15 is 0 Å². The second kappa shape index (κ2) is 8.49. The van der Waals surface area contributed by atoms with E-state index in [1.54, 1.807) is 0 Å². The first-order chi connectivity index (χ1) is 9.93. The third-order valence-electron chi connectivity index (χ3n) is 3.96. The van der Waals surface area contributed by atoms with Crippen LogP contribution in [-0.2, 0) is 9.59 Å². The molecule has 120 valence electrons. The molecule has 1 fully saturated rings. The van der Waals surface area contributed by atoms with E-state index in [0.29, 0.717) is 5.92 Å². The highest BCUT2D eigenvalue weighted by molar-refractivity contribution is 5.86. The van der Waals surface area contributed by atoms with Crippen molar-refractivity contribution < 1.29 is 24.6 Å². The summed E-state index contributed by atoms with van der Waals surface area (Å²) < 4.78 is 0. The Hall–Kier alpha value is -1.79. The maximum atomic E-state index is 11.9. The Balaban J connectivity index is 2.52. The molecule has 0 aromatic heterocycles. The van der Waals surface area contributed by atoms with Gasteiger partial charge in [-0.15, -0.1) is 0 Å². The monoisotopic (exact) mass is 300 g/mol. The van der Waals surface area contributed by atoms with Crippen LogP contribution in [0.4, 0.5) is 4.79 Å². The number of urea groups is 1. The van der Waals surface area contributed by atoms with Crippen molar-refractivity contribution in [2.45, 2.75) is 64.0 Å². The molecule has 0 aliphatic heterocycles. The molecule has 0 aromatic carbocycles. The molecule has 0 aromatic rings. The lowest BCUT2D eigenvalue weighted by molar-refractivity contribution is -0.145. The number of carbonyl (C=O) groups excluding carboxylic acids is 1. The van der Waals surface area contributed by atoms with Gasteiger partial charge in [-0.3, -0.25) is 4.79 Å². The smallest absolute Gasteiger partial charge is 0.326 e. The van der Waals surface area contributed by atoms with Crippen LogP contribution < -0.4 is 10.6 Å². The van der Waals surface area contributed by atoms with Crippen LogP contribution in [0.1, 0.15) is 51.9 Å². The Morgan fingerprint density at radius 1 is 1.10 bits per heavy atom. The molecule has 1 rings (SSSR count). The molecule has 7 heteroatoms. The number of amides is 2. The summed E-state index contributed by atoms with van der Waals surface area (Å²) in [5.41, 5.74) is 0. The molecule has 2 atom stereocenters. The Kier molecular flexibility index (Phi) is 6.98. The molecule has 0 heterocycles. The van der Waals surface area contributed by atoms with Gasteiger partial charge >= 0.3 is 18.0 Å². The normalized spacial score (nSPS) is 18.5. The minimum Gasteiger partial charge on any atom is -0.481 e. The van der Waals surface area contributed by atoms with Crippen LogP contribution in [-0.4, -0.2) is 40.3 Å². The number of carboxylic acids is 2. The predicted molar refractivity (Wildman–Crippen MR) is 76.0 cm³/mol. The van der Waals surface area contributed by atoms with Crippen LogP contribution in [0, 0.1) is 5.92 Å². The van der Waals surface area contributed by atoms with Gasteiger partial charge in [0.1, 0.15) is 6.04 Å². The lowest BCUT2D eigenvalue weighted by Crippen LogP contribution is -2.51. The zero-order chi connectivity index (χ0) is 15.8. The predicted octanol–water partition coefficient (Wildman–Crippen LogP) is 1.57. The van der Waals surface area contributed by atoms with Gasteiger partial charge in [0.25, 0.3) is 0 Å². The molecule has 1 aliphatic carbocycles. The lowest BCUT2D eigenvalue weighted by atomic mass is 9.83. The minimum atomic E-state index is -1.41. The summed E-state index contributed by atoms with van der Waals surface area (Å²) in [5.74, 6) is -2.20. The van der Waals surface area contributed by atoms with Gasteiger partial charge in [-0.25, -0.2) is 9.59 Å². The van der Waals surface area contributed by atoms with Crippen molar-refractivity contribution in [3.8, 4) is 0 Å². The quantitative estimate of drug-likeness (QED) is 0.569. The number of hydrogen-bond acceptors (Lipinski definition) is 3. The first-order valence-corrected chi connectivity index (χ1v) is 7.45. The van der Waals surface area contributed by atoms with E-state index in [4.69, 9.17) is 10.2 Å². The molecule has 0 saturated heterocycles. The fraction of sp³-hybridized carbons (Fsp3) is 0.786. The van der Waals surface area contributed by atoms with Gasteiger partial charge in [-0.05, 0) is 25.2 Å². The number of nitrogens with one attached hydrogen (secondary N) is 2. The molecular formula is C14H24N2O5. The first kappa shape index (κ1) is 17.3. The van der Waals surface area contributed by atoms with Crippen molar-refractivity contribution in [3.63, 3.8) is 0 Å². The van der Waals surface area contributed by atoms with Gasteiger partial charge in [0, 0.05) is 6.04 Å². The van der Waals surface area contributed by atoms with Crippen LogP contribution in [0.2, 0.25) is 0 Å². The van der Waals surface area contributed by atoms with E-state index in [2.05, 4.69) is 10.6 Å². The van der Waals surface area contributed by atoms with Crippen molar-refractivity contribution in [2.24, 2.45) is 5.92 Å². The second-order valence-electron chi connectivity index (χ2n) is 5.52. The third-order valence-corrected chi connectivity index (χ3v) is 3.96. The molecule has 4 N–H and O–H groups in total. The molecule has 0 spiro atoms. The van der Waals surface area contributed by atoms with Gasteiger partial charge in [-0.2, -0.15) is 0 Å². The van der Waals surface area contributed by atoms with E-state index in [0.717, 1.165) is 32.1 Å². The molecule has 2 amide bonds. The van der Waals surface area contributed by atoms with Crippen LogP contribution in [0.15, 0.2) is 0 Å². The van der Waals surface area contributed by atoms with Gasteiger partial charge < -0.3 is 20.8 Å². The average molecular weight is 300 g/mol. The molecule has 1 unspecified atom stereocenters. The highest BCUT2D eigenvalue weighted by Gasteiger charge is 2.27. The topological polar surface area (TPSA) is 116 Å². The molecule has 0 bridgehead atoms. The van der Waals surface area contributed by atoms with E-state index < -0.39 is 30.4 Å². The zero-order valence-electron chi connectivity index (χ0n) is 12.3. The van der Waals surface area contributed by atoms with Crippen molar-refractivity contribution in [2.75, 3.05) is 0 Å². The fourth-order valence-corrected chi connectivity index (χ4v) is 2.83. The average Bonchev–Trinajstić information content (AvgIpc) is 2.44. The minimum absolute atomic E-state index is 0.00423. The van der Waals surface area contributed by atoms with E-state index in [-0.39, 0.29) is 6.04 Å². The van der Waals surface area contributed by atoms with Crippen molar-refractivity contribution in [1.82, 2.24) is 10.6 Å². The van der Waals surface area contributed by atoms with Crippen LogP contribution in [0.5, 0.6) is 0 Å². The molecule has 21 heavy (non-hydrogen) atoms. The highest BCUT2D eigenvalue weighted by atomic mass is 16.4. The fourth-order valence-electron chi connectivity index (χ4n) is 2.83. The summed E-state index contributed by atoms with van der Waals surface area (Å²) in [6.07, 6.45) is 5.80.